The predicted molar refractivity (Wildman–Crippen MR) is 142 cm³/mol. The summed E-state index contributed by atoms with van der Waals surface area (Å²) in [5.74, 6) is -0.0393. The first-order valence-corrected chi connectivity index (χ1v) is 12.7. The van der Waals surface area contributed by atoms with Crippen LogP contribution in [-0.4, -0.2) is 27.5 Å². The van der Waals surface area contributed by atoms with Crippen molar-refractivity contribution in [1.82, 2.24) is 14.9 Å². The molecule has 1 aliphatic carbocycles. The third kappa shape index (κ3) is 4.18. The smallest absolute Gasteiger partial charge is 0.252 e. The van der Waals surface area contributed by atoms with E-state index in [4.69, 9.17) is 10.7 Å². The molecular formula is C25H24BrIN4O. The number of amides is 1. The van der Waals surface area contributed by atoms with Gasteiger partial charge in [0.15, 0.2) is 0 Å². The van der Waals surface area contributed by atoms with Crippen molar-refractivity contribution in [3.8, 4) is 11.3 Å². The van der Waals surface area contributed by atoms with Gasteiger partial charge in [0.05, 0.1) is 16.8 Å². The summed E-state index contributed by atoms with van der Waals surface area (Å²) in [6, 6.07) is 14.7. The number of hydrogen-bond donors (Lipinski definition) is 2. The lowest BCUT2D eigenvalue weighted by molar-refractivity contribution is 0.0927. The van der Waals surface area contributed by atoms with E-state index in [9.17, 15) is 4.79 Å². The average molecular weight is 603 g/mol. The zero-order valence-corrected chi connectivity index (χ0v) is 21.5. The van der Waals surface area contributed by atoms with Crippen LogP contribution in [0.3, 0.4) is 0 Å². The van der Waals surface area contributed by atoms with Gasteiger partial charge < -0.3 is 15.6 Å². The summed E-state index contributed by atoms with van der Waals surface area (Å²) in [5, 5.41) is 5.25. The molecule has 1 amide bonds. The molecule has 5 rings (SSSR count). The van der Waals surface area contributed by atoms with Crippen molar-refractivity contribution in [2.75, 3.05) is 0 Å². The number of aryl methyl sites for hydroxylation is 1. The maximum atomic E-state index is 13.4. The van der Waals surface area contributed by atoms with E-state index >= 15 is 0 Å². The number of carbonyl (C=O) groups excluding carboxylic acids is 1. The predicted octanol–water partition coefficient (Wildman–Crippen LogP) is 5.76. The number of carbonyl (C=O) groups is 1. The van der Waals surface area contributed by atoms with Crippen LogP contribution < -0.4 is 11.1 Å². The van der Waals surface area contributed by atoms with Gasteiger partial charge in [-0.15, -0.1) is 0 Å². The van der Waals surface area contributed by atoms with Crippen LogP contribution in [0, 0.1) is 3.57 Å². The second-order valence-corrected chi connectivity index (χ2v) is 10.8. The highest BCUT2D eigenvalue weighted by Gasteiger charge is 2.23. The Kier molecular flexibility index (Phi) is 5.98. The second kappa shape index (κ2) is 8.76. The summed E-state index contributed by atoms with van der Waals surface area (Å²) in [6.07, 6.45) is 5.85. The number of nitrogens with zero attached hydrogens (tertiary/aromatic N) is 2. The van der Waals surface area contributed by atoms with Crippen LogP contribution >= 0.6 is 38.5 Å². The SMILES string of the molecule is Cn1cc(-c2cc(C(=O)NC3CCC(N)CC3)c3cc(I)ccc3n2)c2cc(Br)ccc21. The fourth-order valence-corrected chi connectivity index (χ4v) is 5.47. The third-order valence-corrected chi connectivity index (χ3v) is 7.51. The fourth-order valence-electron chi connectivity index (χ4n) is 4.62. The largest absolute Gasteiger partial charge is 0.350 e. The zero-order chi connectivity index (χ0) is 22.4. The Bertz CT molecular complexity index is 1340. The lowest BCUT2D eigenvalue weighted by Gasteiger charge is -2.27. The van der Waals surface area contributed by atoms with E-state index in [2.05, 4.69) is 66.7 Å². The van der Waals surface area contributed by atoms with Crippen molar-refractivity contribution in [1.29, 1.82) is 0 Å². The molecule has 2 aromatic heterocycles. The molecule has 0 bridgehead atoms. The molecule has 1 saturated carbocycles. The van der Waals surface area contributed by atoms with Crippen LogP contribution in [0.15, 0.2) is 53.1 Å². The van der Waals surface area contributed by atoms with E-state index in [0.717, 1.165) is 66.8 Å². The summed E-state index contributed by atoms with van der Waals surface area (Å²) >= 11 is 5.87. The van der Waals surface area contributed by atoms with Crippen LogP contribution in [-0.2, 0) is 7.05 Å². The van der Waals surface area contributed by atoms with Gasteiger partial charge in [-0.2, -0.15) is 0 Å². The third-order valence-electron chi connectivity index (χ3n) is 6.35. The highest BCUT2D eigenvalue weighted by molar-refractivity contribution is 14.1. The molecule has 0 radical (unpaired) electrons. The standard InChI is InChI=1S/C25H24BrIN4O/c1-31-13-21(19-10-14(26)2-9-24(19)31)23-12-20(18-11-15(27)3-8-22(18)30-23)25(32)29-17-6-4-16(28)5-7-17/h2-3,8-13,16-17H,4-7,28H2,1H3,(H,29,32). The quantitative estimate of drug-likeness (QED) is 0.293. The lowest BCUT2D eigenvalue weighted by atomic mass is 9.91. The molecule has 7 heteroatoms. The number of fused-ring (bicyclic) bond motifs is 2. The van der Waals surface area contributed by atoms with Crippen molar-refractivity contribution < 1.29 is 4.79 Å². The number of halogens is 2. The van der Waals surface area contributed by atoms with Crippen LogP contribution in [0.1, 0.15) is 36.0 Å². The zero-order valence-electron chi connectivity index (χ0n) is 17.7. The second-order valence-electron chi connectivity index (χ2n) is 8.62. The van der Waals surface area contributed by atoms with Crippen LogP contribution in [0.4, 0.5) is 0 Å². The van der Waals surface area contributed by atoms with Gasteiger partial charge in [-0.25, -0.2) is 4.98 Å². The summed E-state index contributed by atoms with van der Waals surface area (Å²) in [5.41, 5.74) is 10.5. The van der Waals surface area contributed by atoms with Crippen molar-refractivity contribution in [3.05, 3.63) is 62.3 Å². The van der Waals surface area contributed by atoms with E-state index in [1.807, 2.05) is 37.4 Å². The van der Waals surface area contributed by atoms with Gasteiger partial charge in [-0.3, -0.25) is 4.79 Å². The molecule has 2 aromatic carbocycles. The maximum Gasteiger partial charge on any atom is 0.252 e. The number of nitrogens with one attached hydrogen (secondary N) is 1. The minimum atomic E-state index is -0.0393. The van der Waals surface area contributed by atoms with Crippen molar-refractivity contribution in [2.45, 2.75) is 37.8 Å². The van der Waals surface area contributed by atoms with Gasteiger partial charge in [-0.05, 0) is 90.7 Å². The Morgan fingerprint density at radius 1 is 1.12 bits per heavy atom. The first kappa shape index (κ1) is 21.9. The van der Waals surface area contributed by atoms with E-state index in [1.54, 1.807) is 0 Å². The first-order chi connectivity index (χ1) is 15.4. The van der Waals surface area contributed by atoms with Crippen molar-refractivity contribution in [3.63, 3.8) is 0 Å². The molecule has 32 heavy (non-hydrogen) atoms. The monoisotopic (exact) mass is 602 g/mol. The van der Waals surface area contributed by atoms with E-state index in [1.165, 1.54) is 0 Å². The Balaban J connectivity index is 1.62. The summed E-state index contributed by atoms with van der Waals surface area (Å²) < 4.78 is 4.19. The van der Waals surface area contributed by atoms with Gasteiger partial charge in [0.2, 0.25) is 0 Å². The summed E-state index contributed by atoms with van der Waals surface area (Å²) in [4.78, 5) is 18.4. The normalized spacial score (nSPS) is 18.9. The van der Waals surface area contributed by atoms with E-state index in [0.29, 0.717) is 5.56 Å². The number of benzene rings is 2. The molecule has 0 spiro atoms. The Morgan fingerprint density at radius 2 is 1.91 bits per heavy atom. The number of nitrogens with two attached hydrogens (primary N) is 1. The lowest BCUT2D eigenvalue weighted by Crippen LogP contribution is -2.40. The van der Waals surface area contributed by atoms with Gasteiger partial charge in [0, 0.05) is 55.2 Å². The minimum Gasteiger partial charge on any atom is -0.350 e. The summed E-state index contributed by atoms with van der Waals surface area (Å²) in [7, 11) is 2.03. The van der Waals surface area contributed by atoms with Gasteiger partial charge in [0.1, 0.15) is 0 Å². The fraction of sp³-hybridized carbons (Fsp3) is 0.280. The van der Waals surface area contributed by atoms with Crippen molar-refractivity contribution in [2.24, 2.45) is 12.8 Å². The molecule has 2 heterocycles. The first-order valence-electron chi connectivity index (χ1n) is 10.8. The Hall–Kier alpha value is -1.97. The van der Waals surface area contributed by atoms with Gasteiger partial charge in [0.25, 0.3) is 5.91 Å². The molecular weight excluding hydrogens is 579 g/mol. The van der Waals surface area contributed by atoms with Crippen LogP contribution in [0.5, 0.6) is 0 Å². The Labute approximate surface area is 209 Å². The molecule has 0 aliphatic heterocycles. The molecule has 164 valence electrons. The summed E-state index contributed by atoms with van der Waals surface area (Å²) in [6.45, 7) is 0. The van der Waals surface area contributed by atoms with E-state index < -0.39 is 0 Å². The molecule has 4 aromatic rings. The number of rotatable bonds is 3. The van der Waals surface area contributed by atoms with Crippen molar-refractivity contribution >= 4 is 66.2 Å². The molecule has 0 atom stereocenters. The average Bonchev–Trinajstić information content (AvgIpc) is 3.10. The maximum absolute atomic E-state index is 13.4. The highest BCUT2D eigenvalue weighted by Crippen LogP contribution is 2.34. The van der Waals surface area contributed by atoms with Gasteiger partial charge >= 0.3 is 0 Å². The number of hydrogen-bond acceptors (Lipinski definition) is 3. The molecule has 3 N–H and O–H groups in total. The topological polar surface area (TPSA) is 72.9 Å². The van der Waals surface area contributed by atoms with Crippen LogP contribution in [0.2, 0.25) is 0 Å². The Morgan fingerprint density at radius 3 is 2.69 bits per heavy atom. The van der Waals surface area contributed by atoms with E-state index in [-0.39, 0.29) is 18.0 Å². The molecule has 1 aliphatic rings. The molecule has 1 fully saturated rings. The molecule has 5 nitrogen and oxygen atoms in total. The van der Waals surface area contributed by atoms with Crippen LogP contribution in [0.25, 0.3) is 33.1 Å². The minimum absolute atomic E-state index is 0.0393. The highest BCUT2D eigenvalue weighted by atomic mass is 127. The molecule has 0 unspecified atom stereocenters. The molecule has 0 saturated heterocycles. The van der Waals surface area contributed by atoms with Gasteiger partial charge in [-0.1, -0.05) is 15.9 Å². The number of pyridine rings is 1. The number of aromatic nitrogens is 2.